The predicted molar refractivity (Wildman–Crippen MR) is 64.8 cm³/mol. The van der Waals surface area contributed by atoms with Crippen LogP contribution in [0, 0.1) is 0 Å². The number of esters is 1. The second kappa shape index (κ2) is 6.25. The second-order valence-electron chi connectivity index (χ2n) is 3.62. The molecule has 1 rings (SSSR count). The molecule has 1 N–H and O–H groups in total. The van der Waals surface area contributed by atoms with Gasteiger partial charge in [-0.3, -0.25) is 4.79 Å². The number of amides is 1. The van der Waals surface area contributed by atoms with Crippen LogP contribution in [0.3, 0.4) is 0 Å². The van der Waals surface area contributed by atoms with Gasteiger partial charge >= 0.3 is 5.97 Å². The van der Waals surface area contributed by atoms with Crippen molar-refractivity contribution < 1.29 is 14.3 Å². The molecule has 0 heterocycles. The maximum absolute atomic E-state index is 11.6. The van der Waals surface area contributed by atoms with Gasteiger partial charge < -0.3 is 10.1 Å². The van der Waals surface area contributed by atoms with Crippen LogP contribution in [-0.2, 0) is 20.7 Å². The van der Waals surface area contributed by atoms with Crippen molar-refractivity contribution in [1.82, 2.24) is 5.32 Å². The minimum Gasteiger partial charge on any atom is -0.467 e. The van der Waals surface area contributed by atoms with Gasteiger partial charge in [-0.1, -0.05) is 23.7 Å². The number of halogens is 1. The van der Waals surface area contributed by atoms with Gasteiger partial charge in [-0.2, -0.15) is 0 Å². The molecule has 0 saturated carbocycles. The Hall–Kier alpha value is -1.55. The van der Waals surface area contributed by atoms with E-state index < -0.39 is 12.0 Å². The molecule has 4 nitrogen and oxygen atoms in total. The smallest absolute Gasteiger partial charge is 0.328 e. The van der Waals surface area contributed by atoms with Crippen molar-refractivity contribution in [3.63, 3.8) is 0 Å². The molecule has 17 heavy (non-hydrogen) atoms. The molecule has 0 aromatic heterocycles. The Kier molecular flexibility index (Phi) is 4.97. The number of rotatable bonds is 4. The maximum Gasteiger partial charge on any atom is 0.328 e. The Bertz CT molecular complexity index is 420. The number of hydrogen-bond acceptors (Lipinski definition) is 3. The topological polar surface area (TPSA) is 55.4 Å². The molecule has 0 radical (unpaired) electrons. The Morgan fingerprint density at radius 1 is 1.47 bits per heavy atom. The number of carbonyl (C=O) groups excluding carboxylic acids is 2. The molecule has 1 aromatic rings. The third-order valence-corrected chi connectivity index (χ3v) is 2.42. The van der Waals surface area contributed by atoms with E-state index in [2.05, 4.69) is 10.1 Å². The first-order valence-corrected chi connectivity index (χ1v) is 5.52. The van der Waals surface area contributed by atoms with Crippen molar-refractivity contribution in [3.05, 3.63) is 34.9 Å². The number of methoxy groups -OCH3 is 1. The van der Waals surface area contributed by atoms with Crippen LogP contribution in [0.1, 0.15) is 12.5 Å². The molecule has 0 fully saturated rings. The highest BCUT2D eigenvalue weighted by Crippen LogP contribution is 2.11. The summed E-state index contributed by atoms with van der Waals surface area (Å²) in [5.74, 6) is -0.713. The summed E-state index contributed by atoms with van der Waals surface area (Å²) in [5, 5.41) is 3.12. The van der Waals surface area contributed by atoms with Crippen LogP contribution >= 0.6 is 11.6 Å². The molecule has 0 saturated heterocycles. The van der Waals surface area contributed by atoms with Crippen molar-refractivity contribution in [2.75, 3.05) is 7.11 Å². The standard InChI is InChI=1S/C12H14ClNO3/c1-8(12(16)17-2)14-11(15)7-9-4-3-5-10(13)6-9/h3-6,8H,7H2,1-2H3,(H,14,15). The monoisotopic (exact) mass is 255 g/mol. The van der Waals surface area contributed by atoms with Gasteiger partial charge in [0, 0.05) is 5.02 Å². The van der Waals surface area contributed by atoms with E-state index in [1.54, 1.807) is 31.2 Å². The normalized spacial score (nSPS) is 11.7. The second-order valence-corrected chi connectivity index (χ2v) is 4.06. The van der Waals surface area contributed by atoms with Crippen molar-refractivity contribution in [3.8, 4) is 0 Å². The Morgan fingerprint density at radius 3 is 2.76 bits per heavy atom. The lowest BCUT2D eigenvalue weighted by Crippen LogP contribution is -2.39. The quantitative estimate of drug-likeness (QED) is 0.831. The number of hydrogen-bond donors (Lipinski definition) is 1. The van der Waals surface area contributed by atoms with Crippen molar-refractivity contribution in [2.24, 2.45) is 0 Å². The van der Waals surface area contributed by atoms with Crippen LogP contribution in [0.15, 0.2) is 24.3 Å². The summed E-state index contributed by atoms with van der Waals surface area (Å²) in [6.07, 6.45) is 0.182. The van der Waals surface area contributed by atoms with E-state index in [0.29, 0.717) is 5.02 Å². The highest BCUT2D eigenvalue weighted by Gasteiger charge is 2.15. The highest BCUT2D eigenvalue weighted by atomic mass is 35.5. The summed E-state index contributed by atoms with van der Waals surface area (Å²) in [6, 6.07) is 6.37. The van der Waals surface area contributed by atoms with E-state index >= 15 is 0 Å². The van der Waals surface area contributed by atoms with E-state index in [0.717, 1.165) is 5.56 Å². The van der Waals surface area contributed by atoms with Gasteiger partial charge in [-0.05, 0) is 24.6 Å². The van der Waals surface area contributed by atoms with Crippen LogP contribution in [0.2, 0.25) is 5.02 Å². The molecule has 1 aromatic carbocycles. The summed E-state index contributed by atoms with van der Waals surface area (Å²) < 4.78 is 4.51. The largest absolute Gasteiger partial charge is 0.467 e. The third-order valence-electron chi connectivity index (χ3n) is 2.19. The molecule has 0 bridgehead atoms. The number of benzene rings is 1. The van der Waals surface area contributed by atoms with Crippen molar-refractivity contribution >= 4 is 23.5 Å². The van der Waals surface area contributed by atoms with E-state index in [-0.39, 0.29) is 12.3 Å². The molecule has 0 aliphatic carbocycles. The minimum atomic E-state index is -0.647. The van der Waals surface area contributed by atoms with E-state index in [1.807, 2.05) is 0 Å². The lowest BCUT2D eigenvalue weighted by Gasteiger charge is -2.11. The maximum atomic E-state index is 11.6. The average molecular weight is 256 g/mol. The third kappa shape index (κ3) is 4.44. The minimum absolute atomic E-state index is 0.182. The fraction of sp³-hybridized carbons (Fsp3) is 0.333. The number of ether oxygens (including phenoxy) is 1. The summed E-state index contributed by atoms with van der Waals surface area (Å²) in [6.45, 7) is 1.57. The highest BCUT2D eigenvalue weighted by molar-refractivity contribution is 6.30. The molecule has 0 aliphatic rings. The molecule has 1 unspecified atom stereocenters. The molecule has 0 spiro atoms. The van der Waals surface area contributed by atoms with Gasteiger partial charge in [0.2, 0.25) is 5.91 Å². The zero-order valence-corrected chi connectivity index (χ0v) is 10.5. The molecule has 5 heteroatoms. The summed E-state index contributed by atoms with van der Waals surface area (Å²) >= 11 is 5.80. The lowest BCUT2D eigenvalue weighted by molar-refractivity contribution is -0.144. The van der Waals surface area contributed by atoms with Gasteiger partial charge in [-0.25, -0.2) is 4.79 Å². The van der Waals surface area contributed by atoms with Crippen LogP contribution < -0.4 is 5.32 Å². The predicted octanol–water partition coefficient (Wildman–Crippen LogP) is 1.56. The number of nitrogens with one attached hydrogen (secondary N) is 1. The fourth-order valence-corrected chi connectivity index (χ4v) is 1.57. The van der Waals surface area contributed by atoms with E-state index in [1.165, 1.54) is 7.11 Å². The first-order valence-electron chi connectivity index (χ1n) is 5.14. The van der Waals surface area contributed by atoms with Gasteiger partial charge in [0.1, 0.15) is 6.04 Å². The van der Waals surface area contributed by atoms with Gasteiger partial charge in [0.15, 0.2) is 0 Å². The lowest BCUT2D eigenvalue weighted by atomic mass is 10.1. The molecule has 0 aliphatic heterocycles. The van der Waals surface area contributed by atoms with Crippen molar-refractivity contribution in [2.45, 2.75) is 19.4 Å². The molecular weight excluding hydrogens is 242 g/mol. The first-order chi connectivity index (χ1) is 8.02. The molecule has 1 atom stereocenters. The van der Waals surface area contributed by atoms with Gasteiger partial charge in [0.25, 0.3) is 0 Å². The average Bonchev–Trinajstić information content (AvgIpc) is 2.27. The summed E-state index contributed by atoms with van der Waals surface area (Å²) in [7, 11) is 1.28. The Morgan fingerprint density at radius 2 is 2.18 bits per heavy atom. The zero-order chi connectivity index (χ0) is 12.8. The fourth-order valence-electron chi connectivity index (χ4n) is 1.36. The SMILES string of the molecule is COC(=O)C(C)NC(=O)Cc1cccc(Cl)c1. The van der Waals surface area contributed by atoms with Gasteiger partial charge in [-0.15, -0.1) is 0 Å². The molecule has 92 valence electrons. The van der Waals surface area contributed by atoms with Crippen LogP contribution in [0.5, 0.6) is 0 Å². The molecule has 1 amide bonds. The summed E-state index contributed by atoms with van der Waals surface area (Å²) in [4.78, 5) is 22.7. The van der Waals surface area contributed by atoms with E-state index in [4.69, 9.17) is 11.6 Å². The first kappa shape index (κ1) is 13.5. The number of carbonyl (C=O) groups is 2. The Balaban J connectivity index is 2.53. The van der Waals surface area contributed by atoms with Gasteiger partial charge in [0.05, 0.1) is 13.5 Å². The van der Waals surface area contributed by atoms with Crippen LogP contribution in [-0.4, -0.2) is 25.0 Å². The van der Waals surface area contributed by atoms with Crippen LogP contribution in [0.4, 0.5) is 0 Å². The Labute approximate surface area is 105 Å². The zero-order valence-electron chi connectivity index (χ0n) is 9.70. The summed E-state index contributed by atoms with van der Waals surface area (Å²) in [5.41, 5.74) is 0.798. The van der Waals surface area contributed by atoms with Crippen LogP contribution in [0.25, 0.3) is 0 Å². The molecular formula is C12H14ClNO3. The van der Waals surface area contributed by atoms with Crippen molar-refractivity contribution in [1.29, 1.82) is 0 Å². The van der Waals surface area contributed by atoms with E-state index in [9.17, 15) is 9.59 Å².